The summed E-state index contributed by atoms with van der Waals surface area (Å²) in [5.41, 5.74) is 8.35. The number of piperidine rings is 1. The molecule has 0 atom stereocenters. The van der Waals surface area contributed by atoms with Gasteiger partial charge in [-0.25, -0.2) is 0 Å². The molecule has 0 radical (unpaired) electrons. The molecule has 6 nitrogen and oxygen atoms in total. The van der Waals surface area contributed by atoms with E-state index in [-0.39, 0.29) is 18.4 Å². The molecule has 3 aromatic rings. The molecular formula is C26H27N3O3. The van der Waals surface area contributed by atoms with E-state index >= 15 is 0 Å². The molecule has 6 heteroatoms. The Kier molecular flexibility index (Phi) is 6.50. The van der Waals surface area contributed by atoms with Crippen LogP contribution in [0, 0.1) is 5.41 Å². The molecule has 1 aliphatic heterocycles. The van der Waals surface area contributed by atoms with Gasteiger partial charge in [0.2, 0.25) is 5.91 Å². The summed E-state index contributed by atoms with van der Waals surface area (Å²) in [5, 5.41) is 0. The zero-order valence-corrected chi connectivity index (χ0v) is 17.9. The standard InChI is InChI=1S/C26H27N3O3/c27-25(31)26(17-20-6-4-7-21(16-20)22-8-5-13-28-18-22)11-14-29(15-12-26)24(30)19-32-23-9-2-1-3-10-23/h1-10,13,16,18H,11-12,14-15,17,19H2,(H2,27,31). The van der Waals surface area contributed by atoms with Gasteiger partial charge >= 0.3 is 0 Å². The number of primary amides is 1. The number of ether oxygens (including phenoxy) is 1. The van der Waals surface area contributed by atoms with E-state index in [9.17, 15) is 9.59 Å². The number of amides is 2. The first-order chi connectivity index (χ1) is 15.6. The summed E-state index contributed by atoms with van der Waals surface area (Å²) in [6, 6.07) is 21.3. The molecule has 0 saturated carbocycles. The first kappa shape index (κ1) is 21.6. The Hall–Kier alpha value is -3.67. The molecule has 0 aliphatic carbocycles. The van der Waals surface area contributed by atoms with E-state index in [2.05, 4.69) is 11.1 Å². The fourth-order valence-corrected chi connectivity index (χ4v) is 4.23. The van der Waals surface area contributed by atoms with Crippen molar-refractivity contribution in [2.45, 2.75) is 19.3 Å². The molecule has 32 heavy (non-hydrogen) atoms. The Bertz CT molecular complexity index is 1060. The van der Waals surface area contributed by atoms with Gasteiger partial charge in [0.1, 0.15) is 5.75 Å². The fourth-order valence-electron chi connectivity index (χ4n) is 4.23. The van der Waals surface area contributed by atoms with Gasteiger partial charge in [0.05, 0.1) is 5.41 Å². The SMILES string of the molecule is NC(=O)C1(Cc2cccc(-c3cccnc3)c2)CCN(C(=O)COc2ccccc2)CC1. The summed E-state index contributed by atoms with van der Waals surface area (Å²) in [4.78, 5) is 31.0. The first-order valence-corrected chi connectivity index (χ1v) is 10.8. The molecule has 0 spiro atoms. The van der Waals surface area contributed by atoms with Gasteiger partial charge in [-0.1, -0.05) is 48.5 Å². The first-order valence-electron chi connectivity index (χ1n) is 10.8. The molecule has 2 aromatic carbocycles. The Morgan fingerprint density at radius 1 is 0.969 bits per heavy atom. The van der Waals surface area contributed by atoms with Crippen LogP contribution >= 0.6 is 0 Å². The lowest BCUT2D eigenvalue weighted by molar-refractivity contribution is -0.140. The zero-order chi connectivity index (χ0) is 22.4. The molecule has 164 valence electrons. The summed E-state index contributed by atoms with van der Waals surface area (Å²) >= 11 is 0. The van der Waals surface area contributed by atoms with Crippen molar-refractivity contribution in [2.24, 2.45) is 11.1 Å². The number of hydrogen-bond donors (Lipinski definition) is 1. The van der Waals surface area contributed by atoms with Crippen molar-refractivity contribution in [3.8, 4) is 16.9 Å². The highest BCUT2D eigenvalue weighted by atomic mass is 16.5. The second-order valence-corrected chi connectivity index (χ2v) is 8.25. The number of para-hydroxylation sites is 1. The molecule has 1 saturated heterocycles. The van der Waals surface area contributed by atoms with E-state index in [0.717, 1.165) is 16.7 Å². The largest absolute Gasteiger partial charge is 0.484 e. The Labute approximate surface area is 188 Å². The van der Waals surface area contributed by atoms with E-state index in [1.54, 1.807) is 11.1 Å². The van der Waals surface area contributed by atoms with Crippen molar-refractivity contribution in [2.75, 3.05) is 19.7 Å². The van der Waals surface area contributed by atoms with Crippen LogP contribution in [0.3, 0.4) is 0 Å². The van der Waals surface area contributed by atoms with E-state index in [1.165, 1.54) is 0 Å². The number of likely N-dealkylation sites (tertiary alicyclic amines) is 1. The van der Waals surface area contributed by atoms with Crippen LogP contribution in [0.25, 0.3) is 11.1 Å². The molecule has 1 aromatic heterocycles. The van der Waals surface area contributed by atoms with Crippen LogP contribution in [-0.4, -0.2) is 41.4 Å². The highest BCUT2D eigenvalue weighted by Crippen LogP contribution is 2.36. The third kappa shape index (κ3) is 4.97. The smallest absolute Gasteiger partial charge is 0.260 e. The van der Waals surface area contributed by atoms with Gasteiger partial charge in [-0.05, 0) is 54.2 Å². The van der Waals surface area contributed by atoms with E-state index in [4.69, 9.17) is 10.5 Å². The van der Waals surface area contributed by atoms with Gasteiger partial charge in [0, 0.05) is 25.5 Å². The quantitative estimate of drug-likeness (QED) is 0.623. The van der Waals surface area contributed by atoms with Crippen LogP contribution < -0.4 is 10.5 Å². The van der Waals surface area contributed by atoms with Crippen molar-refractivity contribution in [1.82, 2.24) is 9.88 Å². The van der Waals surface area contributed by atoms with Crippen LogP contribution in [0.5, 0.6) is 5.75 Å². The topological polar surface area (TPSA) is 85.5 Å². The summed E-state index contributed by atoms with van der Waals surface area (Å²) < 4.78 is 5.58. The van der Waals surface area contributed by atoms with Crippen molar-refractivity contribution < 1.29 is 14.3 Å². The maximum Gasteiger partial charge on any atom is 0.260 e. The molecule has 0 bridgehead atoms. The molecule has 0 unspecified atom stereocenters. The van der Waals surface area contributed by atoms with Gasteiger partial charge in [-0.3, -0.25) is 14.6 Å². The van der Waals surface area contributed by atoms with Crippen LogP contribution in [0.1, 0.15) is 18.4 Å². The number of hydrogen-bond acceptors (Lipinski definition) is 4. The summed E-state index contributed by atoms with van der Waals surface area (Å²) in [6.07, 6.45) is 5.20. The van der Waals surface area contributed by atoms with Crippen LogP contribution in [0.2, 0.25) is 0 Å². The third-order valence-corrected chi connectivity index (χ3v) is 6.17. The Morgan fingerprint density at radius 2 is 1.72 bits per heavy atom. The molecule has 1 fully saturated rings. The van der Waals surface area contributed by atoms with Crippen molar-refractivity contribution in [3.63, 3.8) is 0 Å². The Balaban J connectivity index is 1.40. The van der Waals surface area contributed by atoms with Gasteiger partial charge < -0.3 is 15.4 Å². The minimum Gasteiger partial charge on any atom is -0.484 e. The monoisotopic (exact) mass is 429 g/mol. The van der Waals surface area contributed by atoms with E-state index in [0.29, 0.717) is 38.1 Å². The molecule has 2 N–H and O–H groups in total. The number of nitrogens with two attached hydrogens (primary N) is 1. The molecule has 1 aliphatic rings. The normalized spacial score (nSPS) is 15.2. The summed E-state index contributed by atoms with van der Waals surface area (Å²) in [5.74, 6) is 0.278. The number of aromatic nitrogens is 1. The predicted molar refractivity (Wildman–Crippen MR) is 123 cm³/mol. The van der Waals surface area contributed by atoms with Crippen molar-refractivity contribution in [1.29, 1.82) is 0 Å². The van der Waals surface area contributed by atoms with Crippen LogP contribution in [-0.2, 0) is 16.0 Å². The van der Waals surface area contributed by atoms with Gasteiger partial charge in [-0.15, -0.1) is 0 Å². The van der Waals surface area contributed by atoms with E-state index in [1.807, 2.05) is 66.9 Å². The minimum absolute atomic E-state index is 0.0132. The summed E-state index contributed by atoms with van der Waals surface area (Å²) in [6.45, 7) is 0.963. The lowest BCUT2D eigenvalue weighted by Crippen LogP contribution is -2.50. The highest BCUT2D eigenvalue weighted by molar-refractivity contribution is 5.82. The molecule has 4 rings (SSSR count). The maximum absolute atomic E-state index is 12.6. The number of nitrogens with zero attached hydrogens (tertiary/aromatic N) is 2. The van der Waals surface area contributed by atoms with Crippen LogP contribution in [0.15, 0.2) is 79.1 Å². The van der Waals surface area contributed by atoms with E-state index < -0.39 is 5.41 Å². The van der Waals surface area contributed by atoms with Gasteiger partial charge in [-0.2, -0.15) is 0 Å². The minimum atomic E-state index is -0.662. The second kappa shape index (κ2) is 9.64. The number of carbonyl (C=O) groups excluding carboxylic acids is 2. The third-order valence-electron chi connectivity index (χ3n) is 6.17. The Morgan fingerprint density at radius 3 is 2.41 bits per heavy atom. The molecular weight excluding hydrogens is 402 g/mol. The highest BCUT2D eigenvalue weighted by Gasteiger charge is 2.41. The predicted octanol–water partition coefficient (Wildman–Crippen LogP) is 3.46. The molecule has 2 amide bonds. The number of pyridine rings is 1. The van der Waals surface area contributed by atoms with Crippen molar-refractivity contribution in [3.05, 3.63) is 84.7 Å². The van der Waals surface area contributed by atoms with Gasteiger partial charge in [0.15, 0.2) is 6.61 Å². The lowest BCUT2D eigenvalue weighted by atomic mass is 9.73. The molecule has 2 heterocycles. The number of benzene rings is 2. The maximum atomic E-state index is 12.6. The second-order valence-electron chi connectivity index (χ2n) is 8.25. The van der Waals surface area contributed by atoms with Crippen molar-refractivity contribution >= 4 is 11.8 Å². The average molecular weight is 430 g/mol. The zero-order valence-electron chi connectivity index (χ0n) is 17.9. The fraction of sp³-hybridized carbons (Fsp3) is 0.269. The summed E-state index contributed by atoms with van der Waals surface area (Å²) in [7, 11) is 0. The lowest BCUT2D eigenvalue weighted by Gasteiger charge is -2.39. The number of carbonyl (C=O) groups is 2. The number of rotatable bonds is 7. The van der Waals surface area contributed by atoms with Crippen LogP contribution in [0.4, 0.5) is 0 Å². The average Bonchev–Trinajstić information content (AvgIpc) is 2.84. The van der Waals surface area contributed by atoms with Gasteiger partial charge in [0.25, 0.3) is 5.91 Å².